The van der Waals surface area contributed by atoms with Crippen LogP contribution in [0.4, 0.5) is 0 Å². The lowest BCUT2D eigenvalue weighted by Crippen LogP contribution is -2.29. The summed E-state index contributed by atoms with van der Waals surface area (Å²) in [6.45, 7) is 4.41. The molecule has 1 atom stereocenters. The van der Waals surface area contributed by atoms with Gasteiger partial charge in [-0.15, -0.1) is 0 Å². The third-order valence-electron chi connectivity index (χ3n) is 5.26. The molecular formula is C25H23NO5. The molecule has 6 nitrogen and oxygen atoms in total. The Kier molecular flexibility index (Phi) is 5.62. The van der Waals surface area contributed by atoms with E-state index >= 15 is 0 Å². The Bertz CT molecular complexity index is 1130. The fourth-order valence-corrected chi connectivity index (χ4v) is 3.77. The molecule has 1 unspecified atom stereocenters. The van der Waals surface area contributed by atoms with Gasteiger partial charge in [-0.1, -0.05) is 42.0 Å². The molecule has 0 saturated carbocycles. The number of benzene rings is 2. The third kappa shape index (κ3) is 3.97. The first-order valence-electron chi connectivity index (χ1n) is 10.1. The van der Waals surface area contributed by atoms with Crippen molar-refractivity contribution in [3.8, 4) is 5.75 Å². The standard InChI is InChI=1S/C25H23NO5/c1-3-30-19-7-4-6-18(14-19)22-21(23(27)17-11-9-16(2)10-12-17)24(28)25(29)26(22)15-20-8-5-13-31-20/h4-14,22,27H,3,15H2,1-2H3/b23-21+. The number of aliphatic hydroxyl groups is 1. The molecule has 4 rings (SSSR count). The summed E-state index contributed by atoms with van der Waals surface area (Å²) in [4.78, 5) is 27.5. The number of likely N-dealkylation sites (tertiary alicyclic amines) is 1. The number of aryl methyl sites for hydroxylation is 1. The van der Waals surface area contributed by atoms with E-state index in [1.54, 1.807) is 36.4 Å². The van der Waals surface area contributed by atoms with Crippen LogP contribution in [0.3, 0.4) is 0 Å². The van der Waals surface area contributed by atoms with Gasteiger partial charge in [0.25, 0.3) is 11.7 Å². The summed E-state index contributed by atoms with van der Waals surface area (Å²) in [5, 5.41) is 11.1. The lowest BCUT2D eigenvalue weighted by atomic mass is 9.95. The fraction of sp³-hybridized carbons (Fsp3) is 0.200. The van der Waals surface area contributed by atoms with Gasteiger partial charge in [0.1, 0.15) is 17.3 Å². The van der Waals surface area contributed by atoms with Crippen LogP contribution in [0, 0.1) is 6.92 Å². The molecule has 2 heterocycles. The normalized spacial score (nSPS) is 17.9. The van der Waals surface area contributed by atoms with Crippen LogP contribution in [0.15, 0.2) is 76.9 Å². The second-order valence-corrected chi connectivity index (χ2v) is 7.38. The molecule has 6 heteroatoms. The van der Waals surface area contributed by atoms with Gasteiger partial charge in [0.05, 0.1) is 31.0 Å². The predicted molar refractivity (Wildman–Crippen MR) is 115 cm³/mol. The minimum absolute atomic E-state index is 0.0501. The molecule has 3 aromatic rings. The van der Waals surface area contributed by atoms with E-state index in [0.29, 0.717) is 29.2 Å². The Labute approximate surface area is 180 Å². The first-order chi connectivity index (χ1) is 15.0. The number of Topliss-reactive ketones (excluding diaryl/α,β-unsaturated/α-hetero) is 1. The monoisotopic (exact) mass is 417 g/mol. The average Bonchev–Trinajstić information content (AvgIpc) is 3.37. The number of nitrogens with zero attached hydrogens (tertiary/aromatic N) is 1. The number of rotatable bonds is 6. The average molecular weight is 417 g/mol. The summed E-state index contributed by atoms with van der Waals surface area (Å²) in [6, 6.07) is 17.1. The van der Waals surface area contributed by atoms with E-state index < -0.39 is 17.7 Å². The van der Waals surface area contributed by atoms with E-state index in [4.69, 9.17) is 9.15 Å². The Morgan fingerprint density at radius 2 is 1.87 bits per heavy atom. The lowest BCUT2D eigenvalue weighted by molar-refractivity contribution is -0.140. The second kappa shape index (κ2) is 8.52. The van der Waals surface area contributed by atoms with Gasteiger partial charge in [0, 0.05) is 5.56 Å². The highest BCUT2D eigenvalue weighted by atomic mass is 16.5. The molecule has 1 fully saturated rings. The molecule has 0 spiro atoms. The second-order valence-electron chi connectivity index (χ2n) is 7.38. The third-order valence-corrected chi connectivity index (χ3v) is 5.26. The molecule has 158 valence electrons. The van der Waals surface area contributed by atoms with Crippen LogP contribution in [-0.4, -0.2) is 28.3 Å². The number of amides is 1. The van der Waals surface area contributed by atoms with Crippen LogP contribution in [0.25, 0.3) is 5.76 Å². The molecule has 1 aliphatic heterocycles. The van der Waals surface area contributed by atoms with Gasteiger partial charge in [0.2, 0.25) is 0 Å². The fourth-order valence-electron chi connectivity index (χ4n) is 3.77. The van der Waals surface area contributed by atoms with Crippen molar-refractivity contribution in [2.75, 3.05) is 6.61 Å². The van der Waals surface area contributed by atoms with E-state index in [1.807, 2.05) is 38.1 Å². The van der Waals surface area contributed by atoms with Gasteiger partial charge in [0.15, 0.2) is 0 Å². The first-order valence-corrected chi connectivity index (χ1v) is 10.1. The quantitative estimate of drug-likeness (QED) is 0.360. The van der Waals surface area contributed by atoms with Crippen molar-refractivity contribution in [3.63, 3.8) is 0 Å². The van der Waals surface area contributed by atoms with Crippen LogP contribution in [-0.2, 0) is 16.1 Å². The molecule has 1 N–H and O–H groups in total. The molecule has 0 aliphatic carbocycles. The van der Waals surface area contributed by atoms with Gasteiger partial charge in [-0.2, -0.15) is 0 Å². The SMILES string of the molecule is CCOc1cccc(C2/C(=C(\O)c3ccc(C)cc3)C(=O)C(=O)N2Cc2ccco2)c1. The van der Waals surface area contributed by atoms with E-state index in [2.05, 4.69) is 0 Å². The van der Waals surface area contributed by atoms with Crippen LogP contribution in [0.1, 0.15) is 35.4 Å². The van der Waals surface area contributed by atoms with E-state index in [-0.39, 0.29) is 17.9 Å². The number of carbonyl (C=O) groups is 2. The van der Waals surface area contributed by atoms with Crippen LogP contribution in [0.5, 0.6) is 5.75 Å². The molecule has 1 aromatic heterocycles. The maximum absolute atomic E-state index is 13.0. The van der Waals surface area contributed by atoms with Crippen molar-refractivity contribution < 1.29 is 23.8 Å². The molecule has 0 bridgehead atoms. The number of furan rings is 1. The van der Waals surface area contributed by atoms with Gasteiger partial charge in [-0.05, 0) is 43.7 Å². The van der Waals surface area contributed by atoms with Gasteiger partial charge in [-0.3, -0.25) is 9.59 Å². The highest BCUT2D eigenvalue weighted by Crippen LogP contribution is 2.41. The predicted octanol–water partition coefficient (Wildman–Crippen LogP) is 4.61. The van der Waals surface area contributed by atoms with Crippen molar-refractivity contribution in [2.24, 2.45) is 0 Å². The molecule has 1 amide bonds. The first kappa shape index (κ1) is 20.5. The van der Waals surface area contributed by atoms with Crippen LogP contribution < -0.4 is 4.74 Å². The highest BCUT2D eigenvalue weighted by molar-refractivity contribution is 6.46. The van der Waals surface area contributed by atoms with Gasteiger partial charge >= 0.3 is 0 Å². The summed E-state index contributed by atoms with van der Waals surface area (Å²) < 4.78 is 11.0. The summed E-state index contributed by atoms with van der Waals surface area (Å²) in [7, 11) is 0. The number of aliphatic hydroxyl groups excluding tert-OH is 1. The Morgan fingerprint density at radius 3 is 2.55 bits per heavy atom. The largest absolute Gasteiger partial charge is 0.507 e. The number of hydrogen-bond donors (Lipinski definition) is 1. The zero-order chi connectivity index (χ0) is 22.0. The Morgan fingerprint density at radius 1 is 1.10 bits per heavy atom. The van der Waals surface area contributed by atoms with Crippen molar-refractivity contribution >= 4 is 17.4 Å². The van der Waals surface area contributed by atoms with E-state index in [9.17, 15) is 14.7 Å². The minimum atomic E-state index is -0.771. The van der Waals surface area contributed by atoms with Crippen molar-refractivity contribution in [1.29, 1.82) is 0 Å². The summed E-state index contributed by atoms with van der Waals surface area (Å²) in [6.07, 6.45) is 1.52. The maximum atomic E-state index is 13.0. The molecular weight excluding hydrogens is 394 g/mol. The van der Waals surface area contributed by atoms with Crippen LogP contribution in [0.2, 0.25) is 0 Å². The van der Waals surface area contributed by atoms with E-state index in [1.165, 1.54) is 11.2 Å². The molecule has 31 heavy (non-hydrogen) atoms. The van der Waals surface area contributed by atoms with Crippen molar-refractivity contribution in [3.05, 3.63) is 95.0 Å². The summed E-state index contributed by atoms with van der Waals surface area (Å²) in [5.74, 6) is -0.442. The van der Waals surface area contributed by atoms with Gasteiger partial charge < -0.3 is 19.2 Å². The molecule has 1 saturated heterocycles. The summed E-state index contributed by atoms with van der Waals surface area (Å²) in [5.41, 5.74) is 2.22. The Hall–Kier alpha value is -3.80. The topological polar surface area (TPSA) is 80.0 Å². The number of carbonyl (C=O) groups excluding carboxylic acids is 2. The zero-order valence-corrected chi connectivity index (χ0v) is 17.4. The highest BCUT2D eigenvalue weighted by Gasteiger charge is 2.46. The molecule has 2 aromatic carbocycles. The lowest BCUT2D eigenvalue weighted by Gasteiger charge is -2.25. The smallest absolute Gasteiger partial charge is 0.296 e. The summed E-state index contributed by atoms with van der Waals surface area (Å²) >= 11 is 0. The van der Waals surface area contributed by atoms with Crippen molar-refractivity contribution in [1.82, 2.24) is 4.90 Å². The maximum Gasteiger partial charge on any atom is 0.296 e. The minimum Gasteiger partial charge on any atom is -0.507 e. The molecule has 1 aliphatic rings. The Balaban J connectivity index is 1.86. The van der Waals surface area contributed by atoms with E-state index in [0.717, 1.165) is 5.56 Å². The number of ketones is 1. The zero-order valence-electron chi connectivity index (χ0n) is 17.4. The number of hydrogen-bond acceptors (Lipinski definition) is 5. The number of ether oxygens (including phenoxy) is 1. The van der Waals surface area contributed by atoms with Crippen molar-refractivity contribution in [2.45, 2.75) is 26.4 Å². The van der Waals surface area contributed by atoms with Crippen LogP contribution >= 0.6 is 0 Å². The molecule has 0 radical (unpaired) electrons. The van der Waals surface area contributed by atoms with Gasteiger partial charge in [-0.25, -0.2) is 0 Å².